The maximum atomic E-state index is 12.2. The third-order valence-electron chi connectivity index (χ3n) is 6.67. The molecule has 2 fully saturated rings. The summed E-state index contributed by atoms with van der Waals surface area (Å²) in [5, 5.41) is 24.8. The zero-order valence-corrected chi connectivity index (χ0v) is 21.2. The van der Waals surface area contributed by atoms with Crippen LogP contribution < -0.4 is 15.1 Å². The van der Waals surface area contributed by atoms with E-state index in [1.54, 1.807) is 18.5 Å². The third kappa shape index (κ3) is 5.06. The predicted molar refractivity (Wildman–Crippen MR) is 138 cm³/mol. The molecule has 0 aliphatic carbocycles. The molecule has 3 aromatic rings. The molecule has 2 aliphatic rings. The Bertz CT molecular complexity index is 1370. The molecule has 0 radical (unpaired) electrons. The van der Waals surface area contributed by atoms with Crippen LogP contribution >= 0.6 is 0 Å². The lowest BCUT2D eigenvalue weighted by atomic mass is 9.99. The molecule has 0 unspecified atom stereocenters. The molecule has 3 N–H and O–H groups in total. The standard InChI is InChI=1S/C24H31N7O4S/c1-15(2)17-11-27-23(31-7-3-9-36(34,35)14-31)18-12-26-22(10-16(17)18)28-21-4-6-25-24(29-21)30-8-5-19(32)20(33)13-30/h4,6,10-12,15,19-20,32-33H,3,5,7-9,13-14H2,1-2H3,(H,25,26,28,29)/t19-,20+/m1/s1. The van der Waals surface area contributed by atoms with E-state index in [0.717, 1.165) is 16.3 Å². The number of anilines is 4. The molecule has 5 heterocycles. The fourth-order valence-corrected chi connectivity index (χ4v) is 6.16. The Morgan fingerprint density at radius 1 is 1.03 bits per heavy atom. The van der Waals surface area contributed by atoms with E-state index in [9.17, 15) is 18.6 Å². The summed E-state index contributed by atoms with van der Waals surface area (Å²) in [5.41, 5.74) is 1.04. The summed E-state index contributed by atoms with van der Waals surface area (Å²) < 4.78 is 24.5. The van der Waals surface area contributed by atoms with Crippen molar-refractivity contribution in [3.8, 4) is 0 Å². The first-order valence-electron chi connectivity index (χ1n) is 12.2. The van der Waals surface area contributed by atoms with Crippen molar-refractivity contribution < 1.29 is 18.6 Å². The van der Waals surface area contributed by atoms with Crippen molar-refractivity contribution >= 4 is 44.0 Å². The number of aromatic nitrogens is 4. The molecular formula is C24H31N7O4S. The van der Waals surface area contributed by atoms with E-state index in [1.807, 2.05) is 22.1 Å². The van der Waals surface area contributed by atoms with E-state index in [0.29, 0.717) is 49.3 Å². The van der Waals surface area contributed by atoms with Gasteiger partial charge in [0.15, 0.2) is 9.84 Å². The number of hydrogen-bond donors (Lipinski definition) is 3. The van der Waals surface area contributed by atoms with Crippen LogP contribution in [0.2, 0.25) is 0 Å². The third-order valence-corrected chi connectivity index (χ3v) is 8.28. The van der Waals surface area contributed by atoms with Gasteiger partial charge in [-0.25, -0.2) is 23.4 Å². The summed E-state index contributed by atoms with van der Waals surface area (Å²) in [5.74, 6) is 2.61. The predicted octanol–water partition coefficient (Wildman–Crippen LogP) is 1.80. The summed E-state index contributed by atoms with van der Waals surface area (Å²) in [6, 6.07) is 3.68. The van der Waals surface area contributed by atoms with Crippen LogP contribution in [-0.2, 0) is 9.84 Å². The van der Waals surface area contributed by atoms with Crippen molar-refractivity contribution in [2.45, 2.75) is 44.8 Å². The SMILES string of the molecule is CC(C)c1cnc(N2CCCS(=O)(=O)C2)c2cnc(Nc3ccnc(N4CC[C@@H](O)[C@@H](O)C4)n3)cc12. The molecule has 0 spiro atoms. The van der Waals surface area contributed by atoms with E-state index in [-0.39, 0.29) is 24.1 Å². The number of aliphatic hydroxyl groups is 2. The summed E-state index contributed by atoms with van der Waals surface area (Å²) in [4.78, 5) is 21.8. The minimum atomic E-state index is -3.14. The van der Waals surface area contributed by atoms with Gasteiger partial charge in [-0.05, 0) is 41.8 Å². The Hall–Kier alpha value is -3.09. The van der Waals surface area contributed by atoms with E-state index in [4.69, 9.17) is 0 Å². The van der Waals surface area contributed by atoms with E-state index >= 15 is 0 Å². The lowest BCUT2D eigenvalue weighted by Crippen LogP contribution is -2.47. The lowest BCUT2D eigenvalue weighted by molar-refractivity contribution is 0.00769. The van der Waals surface area contributed by atoms with Gasteiger partial charge in [0.1, 0.15) is 23.3 Å². The first-order valence-corrected chi connectivity index (χ1v) is 14.0. The van der Waals surface area contributed by atoms with Gasteiger partial charge in [0.2, 0.25) is 5.95 Å². The van der Waals surface area contributed by atoms with E-state index < -0.39 is 22.0 Å². The smallest absolute Gasteiger partial charge is 0.227 e. The molecule has 5 rings (SSSR count). The highest BCUT2D eigenvalue weighted by atomic mass is 32.2. The number of pyridine rings is 2. The molecule has 3 aromatic heterocycles. The number of nitrogens with zero attached hydrogens (tertiary/aromatic N) is 6. The van der Waals surface area contributed by atoms with Crippen LogP contribution in [0.15, 0.2) is 30.7 Å². The van der Waals surface area contributed by atoms with Crippen molar-refractivity contribution in [2.24, 2.45) is 0 Å². The first-order chi connectivity index (χ1) is 17.2. The second-order valence-corrected chi connectivity index (χ2v) is 11.9. The van der Waals surface area contributed by atoms with Gasteiger partial charge in [-0.2, -0.15) is 4.98 Å². The van der Waals surface area contributed by atoms with Gasteiger partial charge < -0.3 is 25.3 Å². The zero-order chi connectivity index (χ0) is 25.4. The Kier molecular flexibility index (Phi) is 6.66. The Balaban J connectivity index is 1.45. The molecule has 2 aliphatic heterocycles. The van der Waals surface area contributed by atoms with Crippen LogP contribution in [0.5, 0.6) is 0 Å². The maximum absolute atomic E-state index is 12.2. The van der Waals surface area contributed by atoms with Crippen LogP contribution in [0, 0.1) is 0 Å². The van der Waals surface area contributed by atoms with Gasteiger partial charge in [0.25, 0.3) is 0 Å². The number of fused-ring (bicyclic) bond motifs is 1. The van der Waals surface area contributed by atoms with Crippen LogP contribution in [-0.4, -0.2) is 82.0 Å². The highest BCUT2D eigenvalue weighted by Crippen LogP contribution is 2.33. The quantitative estimate of drug-likeness (QED) is 0.459. The Morgan fingerprint density at radius 2 is 1.86 bits per heavy atom. The first kappa shape index (κ1) is 24.6. The fourth-order valence-electron chi connectivity index (χ4n) is 4.73. The Morgan fingerprint density at radius 3 is 2.61 bits per heavy atom. The summed E-state index contributed by atoms with van der Waals surface area (Å²) in [6.07, 6.45) is 4.65. The Labute approximate surface area is 210 Å². The largest absolute Gasteiger partial charge is 0.390 e. The topological polar surface area (TPSA) is 145 Å². The maximum Gasteiger partial charge on any atom is 0.227 e. The van der Waals surface area contributed by atoms with Crippen LogP contribution in [0.25, 0.3) is 10.8 Å². The minimum absolute atomic E-state index is 0.0396. The lowest BCUT2D eigenvalue weighted by Gasteiger charge is -2.33. The van der Waals surface area contributed by atoms with Crippen molar-refractivity contribution in [2.75, 3.05) is 46.4 Å². The van der Waals surface area contributed by atoms with E-state index in [1.165, 1.54) is 0 Å². The number of hydrogen-bond acceptors (Lipinski definition) is 11. The number of rotatable bonds is 5. The number of aliphatic hydroxyl groups excluding tert-OH is 2. The van der Waals surface area contributed by atoms with Gasteiger partial charge in [0, 0.05) is 43.6 Å². The van der Waals surface area contributed by atoms with Crippen molar-refractivity contribution in [3.05, 3.63) is 36.3 Å². The van der Waals surface area contributed by atoms with Crippen molar-refractivity contribution in [1.29, 1.82) is 0 Å². The zero-order valence-electron chi connectivity index (χ0n) is 20.4. The second kappa shape index (κ2) is 9.75. The summed E-state index contributed by atoms with van der Waals surface area (Å²) >= 11 is 0. The van der Waals surface area contributed by atoms with Crippen LogP contribution in [0.4, 0.5) is 23.4 Å². The molecular weight excluding hydrogens is 482 g/mol. The average molecular weight is 514 g/mol. The highest BCUT2D eigenvalue weighted by Gasteiger charge is 2.28. The molecule has 36 heavy (non-hydrogen) atoms. The van der Waals surface area contributed by atoms with Gasteiger partial charge in [0.05, 0.1) is 18.0 Å². The van der Waals surface area contributed by atoms with Gasteiger partial charge >= 0.3 is 0 Å². The number of nitrogens with one attached hydrogen (secondary N) is 1. The van der Waals surface area contributed by atoms with Gasteiger partial charge in [-0.15, -0.1) is 0 Å². The normalized spacial score (nSPS) is 22.2. The summed E-state index contributed by atoms with van der Waals surface area (Å²) in [6.45, 7) is 5.63. The minimum Gasteiger partial charge on any atom is -0.390 e. The molecule has 192 valence electrons. The van der Waals surface area contributed by atoms with Crippen molar-refractivity contribution in [3.63, 3.8) is 0 Å². The fraction of sp³-hybridized carbons (Fsp3) is 0.500. The number of sulfone groups is 1. The van der Waals surface area contributed by atoms with Gasteiger partial charge in [-0.1, -0.05) is 13.8 Å². The van der Waals surface area contributed by atoms with Crippen LogP contribution in [0.3, 0.4) is 0 Å². The summed E-state index contributed by atoms with van der Waals surface area (Å²) in [7, 11) is -3.14. The second-order valence-electron chi connectivity index (χ2n) is 9.74. The van der Waals surface area contributed by atoms with Crippen LogP contribution in [0.1, 0.15) is 38.2 Å². The molecule has 0 amide bonds. The molecule has 2 saturated heterocycles. The highest BCUT2D eigenvalue weighted by molar-refractivity contribution is 7.91. The molecule has 0 aromatic carbocycles. The monoisotopic (exact) mass is 513 g/mol. The molecule has 0 bridgehead atoms. The molecule has 12 heteroatoms. The molecule has 11 nitrogen and oxygen atoms in total. The molecule has 2 atom stereocenters. The van der Waals surface area contributed by atoms with E-state index in [2.05, 4.69) is 39.1 Å². The number of piperidine rings is 1. The van der Waals surface area contributed by atoms with Crippen molar-refractivity contribution in [1.82, 2.24) is 19.9 Å². The molecule has 0 saturated carbocycles. The average Bonchev–Trinajstić information content (AvgIpc) is 2.84. The van der Waals surface area contributed by atoms with Gasteiger partial charge in [-0.3, -0.25) is 0 Å². The number of β-amino-alcohol motifs (C(OH)–C–C–N with tert-alkyl or cyclic N) is 1.